The van der Waals surface area contributed by atoms with Gasteiger partial charge >= 0.3 is 12.4 Å². The molecule has 0 radical (unpaired) electrons. The molecule has 1 aliphatic heterocycles. The molecule has 0 bridgehead atoms. The summed E-state index contributed by atoms with van der Waals surface area (Å²) in [6.45, 7) is 0.938. The van der Waals surface area contributed by atoms with Crippen LogP contribution in [0.15, 0.2) is 66.7 Å². The molecule has 0 fully saturated rings. The molecule has 0 spiro atoms. The molecule has 10 heteroatoms. The standard InChI is InChI=1S/C27H18ClF6NO2/c1-15-10-18(13-19(28)11-15)22(26(29,30)31)9-7-16-6-8-17(23(12-16)27(32,33)34)14-35-24(36)20-4-2-3-5-21(20)25(35)37/h2-13,22H,14H2,1H3/b9-7+. The number of imide groups is 1. The Morgan fingerprint density at radius 1 is 0.892 bits per heavy atom. The maximum atomic E-state index is 13.9. The average Bonchev–Trinajstić information content (AvgIpc) is 3.03. The van der Waals surface area contributed by atoms with Crippen LogP contribution in [0, 0.1) is 6.92 Å². The molecular weight excluding hydrogens is 520 g/mol. The fourth-order valence-corrected chi connectivity index (χ4v) is 4.51. The van der Waals surface area contributed by atoms with Crippen molar-refractivity contribution in [1.82, 2.24) is 4.90 Å². The highest BCUT2D eigenvalue weighted by molar-refractivity contribution is 6.30. The van der Waals surface area contributed by atoms with E-state index in [0.29, 0.717) is 16.5 Å². The molecule has 1 aliphatic rings. The van der Waals surface area contributed by atoms with Gasteiger partial charge in [0.2, 0.25) is 0 Å². The minimum absolute atomic E-state index is 0.0926. The second kappa shape index (κ2) is 9.70. The van der Waals surface area contributed by atoms with Crippen molar-refractivity contribution in [3.05, 3.63) is 111 Å². The molecule has 37 heavy (non-hydrogen) atoms. The fraction of sp³-hybridized carbons (Fsp3) is 0.185. The van der Waals surface area contributed by atoms with Crippen molar-refractivity contribution in [1.29, 1.82) is 0 Å². The van der Waals surface area contributed by atoms with Crippen LogP contribution in [0.1, 0.15) is 54.5 Å². The van der Waals surface area contributed by atoms with E-state index in [1.807, 2.05) is 0 Å². The molecule has 2 amide bonds. The number of benzene rings is 3. The van der Waals surface area contributed by atoms with Gasteiger partial charge in [0, 0.05) is 5.02 Å². The normalized spacial score (nSPS) is 15.0. The van der Waals surface area contributed by atoms with Gasteiger partial charge < -0.3 is 0 Å². The van der Waals surface area contributed by atoms with Gasteiger partial charge in [0.1, 0.15) is 0 Å². The van der Waals surface area contributed by atoms with Crippen LogP contribution in [-0.2, 0) is 12.7 Å². The van der Waals surface area contributed by atoms with Crippen molar-refractivity contribution in [2.24, 2.45) is 0 Å². The maximum Gasteiger partial charge on any atom is 0.416 e. The SMILES string of the molecule is Cc1cc(Cl)cc(C(/C=C/c2ccc(CN3C(=O)c4ccccc4C3=O)c(C(F)(F)F)c2)C(F)(F)F)c1. The van der Waals surface area contributed by atoms with Crippen LogP contribution in [0.4, 0.5) is 26.3 Å². The highest BCUT2D eigenvalue weighted by Crippen LogP contribution is 2.39. The number of carbonyl (C=O) groups excluding carboxylic acids is 2. The fourth-order valence-electron chi connectivity index (χ4n) is 4.21. The van der Waals surface area contributed by atoms with Crippen LogP contribution in [-0.4, -0.2) is 22.9 Å². The third-order valence-corrected chi connectivity index (χ3v) is 6.12. The van der Waals surface area contributed by atoms with Crippen molar-refractivity contribution in [3.8, 4) is 0 Å². The predicted molar refractivity (Wildman–Crippen MR) is 126 cm³/mol. The van der Waals surface area contributed by atoms with Crippen molar-refractivity contribution in [2.75, 3.05) is 0 Å². The quantitative estimate of drug-likeness (QED) is 0.246. The summed E-state index contributed by atoms with van der Waals surface area (Å²) in [6, 6.07) is 12.8. The van der Waals surface area contributed by atoms with Gasteiger partial charge in [-0.15, -0.1) is 0 Å². The Hall–Kier alpha value is -3.59. The summed E-state index contributed by atoms with van der Waals surface area (Å²) in [5.74, 6) is -3.54. The molecule has 0 N–H and O–H groups in total. The Morgan fingerprint density at radius 2 is 1.51 bits per heavy atom. The number of hydrogen-bond donors (Lipinski definition) is 0. The Kier molecular flexibility index (Phi) is 6.94. The lowest BCUT2D eigenvalue weighted by Crippen LogP contribution is -2.30. The Balaban J connectivity index is 1.67. The molecule has 1 heterocycles. The van der Waals surface area contributed by atoms with Gasteiger partial charge in [0.25, 0.3) is 11.8 Å². The molecule has 0 saturated carbocycles. The maximum absolute atomic E-state index is 13.9. The summed E-state index contributed by atoms with van der Waals surface area (Å²) >= 11 is 5.90. The topological polar surface area (TPSA) is 37.4 Å². The summed E-state index contributed by atoms with van der Waals surface area (Å²) in [7, 11) is 0. The van der Waals surface area contributed by atoms with E-state index in [4.69, 9.17) is 11.6 Å². The van der Waals surface area contributed by atoms with Gasteiger partial charge in [-0.2, -0.15) is 26.3 Å². The first kappa shape index (κ1) is 26.5. The highest BCUT2D eigenvalue weighted by Gasteiger charge is 2.40. The summed E-state index contributed by atoms with van der Waals surface area (Å²) < 4.78 is 83.0. The van der Waals surface area contributed by atoms with Crippen molar-refractivity contribution >= 4 is 29.5 Å². The molecule has 3 nitrogen and oxygen atoms in total. The zero-order valence-electron chi connectivity index (χ0n) is 19.1. The van der Waals surface area contributed by atoms with Crippen LogP contribution in [0.5, 0.6) is 0 Å². The molecule has 3 aromatic carbocycles. The van der Waals surface area contributed by atoms with Crippen molar-refractivity contribution in [3.63, 3.8) is 0 Å². The van der Waals surface area contributed by atoms with Crippen LogP contribution < -0.4 is 0 Å². The number of carbonyl (C=O) groups is 2. The van der Waals surface area contributed by atoms with E-state index in [1.54, 1.807) is 6.92 Å². The van der Waals surface area contributed by atoms with Crippen LogP contribution in [0.25, 0.3) is 6.08 Å². The zero-order chi connectivity index (χ0) is 27.1. The molecule has 4 rings (SSSR count). The highest BCUT2D eigenvalue weighted by atomic mass is 35.5. The second-order valence-electron chi connectivity index (χ2n) is 8.60. The number of allylic oxidation sites excluding steroid dienone is 1. The molecule has 0 aliphatic carbocycles. The molecule has 0 saturated heterocycles. The zero-order valence-corrected chi connectivity index (χ0v) is 19.9. The van der Waals surface area contributed by atoms with E-state index in [1.165, 1.54) is 42.5 Å². The lowest BCUT2D eigenvalue weighted by molar-refractivity contribution is -0.140. The number of aryl methyl sites for hydroxylation is 1. The van der Waals surface area contributed by atoms with Gasteiger partial charge in [-0.3, -0.25) is 14.5 Å². The number of rotatable bonds is 5. The molecular formula is C27H18ClF6NO2. The van der Waals surface area contributed by atoms with E-state index in [2.05, 4.69) is 0 Å². The number of nitrogens with zero attached hydrogens (tertiary/aromatic N) is 1. The van der Waals surface area contributed by atoms with Gasteiger partial charge in [0.15, 0.2) is 0 Å². The van der Waals surface area contributed by atoms with Crippen LogP contribution in [0.2, 0.25) is 5.02 Å². The van der Waals surface area contributed by atoms with E-state index >= 15 is 0 Å². The minimum atomic E-state index is -4.88. The monoisotopic (exact) mass is 537 g/mol. The third kappa shape index (κ3) is 5.56. The van der Waals surface area contributed by atoms with E-state index < -0.39 is 42.2 Å². The first-order valence-corrected chi connectivity index (χ1v) is 11.3. The van der Waals surface area contributed by atoms with E-state index in [0.717, 1.165) is 24.3 Å². The number of halogens is 7. The molecule has 1 unspecified atom stereocenters. The number of amides is 2. The van der Waals surface area contributed by atoms with Crippen LogP contribution >= 0.6 is 11.6 Å². The molecule has 1 atom stereocenters. The summed E-state index contributed by atoms with van der Waals surface area (Å²) in [4.78, 5) is 25.9. The van der Waals surface area contributed by atoms with Gasteiger partial charge in [-0.25, -0.2) is 0 Å². The first-order chi connectivity index (χ1) is 17.3. The Morgan fingerprint density at radius 3 is 2.05 bits per heavy atom. The third-order valence-electron chi connectivity index (χ3n) is 5.90. The lowest BCUT2D eigenvalue weighted by Gasteiger charge is -2.20. The number of hydrogen-bond acceptors (Lipinski definition) is 2. The lowest BCUT2D eigenvalue weighted by atomic mass is 9.95. The van der Waals surface area contributed by atoms with Gasteiger partial charge in [-0.05, 0) is 59.5 Å². The summed E-state index contributed by atoms with van der Waals surface area (Å²) in [6.07, 6.45) is -7.88. The largest absolute Gasteiger partial charge is 0.416 e. The average molecular weight is 538 g/mol. The Bertz CT molecular complexity index is 1360. The molecule has 3 aromatic rings. The summed E-state index contributed by atoms with van der Waals surface area (Å²) in [5, 5.41) is 0.106. The van der Waals surface area contributed by atoms with Crippen molar-refractivity contribution < 1.29 is 35.9 Å². The van der Waals surface area contributed by atoms with Crippen molar-refractivity contribution in [2.45, 2.75) is 31.7 Å². The smallest absolute Gasteiger partial charge is 0.270 e. The molecule has 0 aromatic heterocycles. The van der Waals surface area contributed by atoms with Gasteiger partial charge in [-0.1, -0.05) is 54.1 Å². The Labute approximate surface area is 213 Å². The summed E-state index contributed by atoms with van der Waals surface area (Å²) in [5.41, 5.74) is -1.11. The molecule has 192 valence electrons. The van der Waals surface area contributed by atoms with E-state index in [-0.39, 0.29) is 32.8 Å². The van der Waals surface area contributed by atoms with Crippen LogP contribution in [0.3, 0.4) is 0 Å². The van der Waals surface area contributed by atoms with Gasteiger partial charge in [0.05, 0.1) is 29.2 Å². The van der Waals surface area contributed by atoms with E-state index in [9.17, 15) is 35.9 Å². The predicted octanol–water partition coefficient (Wildman–Crippen LogP) is 7.82. The second-order valence-corrected chi connectivity index (χ2v) is 9.03. The minimum Gasteiger partial charge on any atom is -0.270 e. The first-order valence-electron chi connectivity index (χ1n) is 10.9. The number of fused-ring (bicyclic) bond motifs is 1. The number of alkyl halides is 6.